The van der Waals surface area contributed by atoms with Crippen LogP contribution in [0.5, 0.6) is 5.75 Å². The number of nitrogens with zero attached hydrogens (tertiary/aromatic N) is 2. The quantitative estimate of drug-likeness (QED) is 0.381. The van der Waals surface area contributed by atoms with E-state index in [0.717, 1.165) is 19.5 Å². The van der Waals surface area contributed by atoms with Crippen molar-refractivity contribution >= 4 is 17.5 Å². The third-order valence-electron chi connectivity index (χ3n) is 3.95. The Labute approximate surface area is 140 Å². The highest BCUT2D eigenvalue weighted by molar-refractivity contribution is 5.60. The monoisotopic (exact) mass is 325 g/mol. The molecule has 2 aromatic rings. The number of nitro benzene ring substituents is 1. The molecular weight excluding hydrogens is 306 g/mol. The maximum atomic E-state index is 10.9. The van der Waals surface area contributed by atoms with Gasteiger partial charge in [0.1, 0.15) is 11.4 Å². The Morgan fingerprint density at radius 2 is 2.08 bits per heavy atom. The maximum absolute atomic E-state index is 10.9. The fourth-order valence-electron chi connectivity index (χ4n) is 2.68. The first kappa shape index (κ1) is 15.9. The maximum Gasteiger partial charge on any atom is 0.295 e. The molecule has 2 N–H and O–H groups in total. The molecule has 24 heavy (non-hydrogen) atoms. The lowest BCUT2D eigenvalue weighted by Gasteiger charge is -2.25. The van der Waals surface area contributed by atoms with Crippen LogP contribution in [0.4, 0.5) is 11.4 Å². The topological polar surface area (TPSA) is 81.6 Å². The first-order chi connectivity index (χ1) is 11.6. The van der Waals surface area contributed by atoms with Crippen LogP contribution in [0.15, 0.2) is 48.7 Å². The van der Waals surface area contributed by atoms with E-state index in [1.54, 1.807) is 6.07 Å². The third-order valence-corrected chi connectivity index (χ3v) is 3.95. The zero-order valence-corrected chi connectivity index (χ0v) is 13.2. The van der Waals surface area contributed by atoms with E-state index >= 15 is 0 Å². The van der Waals surface area contributed by atoms with E-state index in [2.05, 4.69) is 29.3 Å². The minimum absolute atomic E-state index is 0.122. The van der Waals surface area contributed by atoms with Gasteiger partial charge in [-0.1, -0.05) is 24.3 Å². The molecule has 0 bridgehead atoms. The van der Waals surface area contributed by atoms with Crippen molar-refractivity contribution in [3.63, 3.8) is 0 Å². The SMILES string of the molecule is Nc1ccc(OCCCN2C=Cc3ccccc3C2)cc1[N+](=O)[O-]. The van der Waals surface area contributed by atoms with Crippen LogP contribution in [0.1, 0.15) is 17.5 Å². The van der Waals surface area contributed by atoms with Crippen LogP contribution in [0.25, 0.3) is 6.08 Å². The highest BCUT2D eigenvalue weighted by Crippen LogP contribution is 2.26. The van der Waals surface area contributed by atoms with Gasteiger partial charge in [0.05, 0.1) is 17.6 Å². The molecule has 0 atom stereocenters. The molecule has 1 aliphatic rings. The Hall–Kier alpha value is -3.02. The second-order valence-electron chi connectivity index (χ2n) is 5.66. The van der Waals surface area contributed by atoms with Crippen molar-refractivity contribution in [2.75, 3.05) is 18.9 Å². The van der Waals surface area contributed by atoms with Crippen molar-refractivity contribution < 1.29 is 9.66 Å². The Bertz CT molecular complexity index is 774. The lowest BCUT2D eigenvalue weighted by atomic mass is 10.0. The number of hydrogen-bond donors (Lipinski definition) is 1. The molecule has 0 unspecified atom stereocenters. The van der Waals surface area contributed by atoms with Gasteiger partial charge in [-0.2, -0.15) is 0 Å². The van der Waals surface area contributed by atoms with Crippen molar-refractivity contribution in [2.24, 2.45) is 0 Å². The molecule has 0 saturated heterocycles. The van der Waals surface area contributed by atoms with Gasteiger partial charge in [0.2, 0.25) is 0 Å². The summed E-state index contributed by atoms with van der Waals surface area (Å²) in [7, 11) is 0. The molecule has 1 aliphatic heterocycles. The molecule has 0 aromatic heterocycles. The lowest BCUT2D eigenvalue weighted by Crippen LogP contribution is -2.22. The van der Waals surface area contributed by atoms with E-state index in [4.69, 9.17) is 10.5 Å². The highest BCUT2D eigenvalue weighted by atomic mass is 16.6. The zero-order valence-electron chi connectivity index (χ0n) is 13.2. The molecule has 6 heteroatoms. The van der Waals surface area contributed by atoms with Gasteiger partial charge in [0.25, 0.3) is 5.69 Å². The average Bonchev–Trinajstić information content (AvgIpc) is 2.59. The van der Waals surface area contributed by atoms with Crippen molar-refractivity contribution in [3.8, 4) is 5.75 Å². The van der Waals surface area contributed by atoms with E-state index < -0.39 is 4.92 Å². The number of nitrogens with two attached hydrogens (primary N) is 1. The number of benzene rings is 2. The van der Waals surface area contributed by atoms with E-state index in [9.17, 15) is 10.1 Å². The number of rotatable bonds is 6. The molecule has 1 heterocycles. The van der Waals surface area contributed by atoms with Crippen LogP contribution in [-0.4, -0.2) is 23.0 Å². The number of ether oxygens (including phenoxy) is 1. The molecule has 0 fully saturated rings. The van der Waals surface area contributed by atoms with Crippen molar-refractivity contribution in [2.45, 2.75) is 13.0 Å². The molecule has 6 nitrogen and oxygen atoms in total. The van der Waals surface area contributed by atoms with E-state index in [1.807, 2.05) is 12.1 Å². The van der Waals surface area contributed by atoms with Crippen LogP contribution in [0.2, 0.25) is 0 Å². The molecule has 124 valence electrons. The van der Waals surface area contributed by atoms with Crippen molar-refractivity contribution in [1.82, 2.24) is 4.90 Å². The van der Waals surface area contributed by atoms with Crippen LogP contribution in [0.3, 0.4) is 0 Å². The highest BCUT2D eigenvalue weighted by Gasteiger charge is 2.13. The second-order valence-corrected chi connectivity index (χ2v) is 5.66. The predicted molar refractivity (Wildman–Crippen MR) is 93.5 cm³/mol. The average molecular weight is 325 g/mol. The summed E-state index contributed by atoms with van der Waals surface area (Å²) in [6, 6.07) is 12.9. The molecular formula is C18H19N3O3. The Morgan fingerprint density at radius 1 is 1.25 bits per heavy atom. The third kappa shape index (κ3) is 3.65. The fourth-order valence-corrected chi connectivity index (χ4v) is 2.68. The van der Waals surface area contributed by atoms with Crippen LogP contribution in [0, 0.1) is 10.1 Å². The molecule has 3 rings (SSSR count). The minimum Gasteiger partial charge on any atom is -0.493 e. The fraction of sp³-hybridized carbons (Fsp3) is 0.222. The Balaban J connectivity index is 1.48. The van der Waals surface area contributed by atoms with Crippen molar-refractivity contribution in [3.05, 3.63) is 69.9 Å². The summed E-state index contributed by atoms with van der Waals surface area (Å²) in [5.74, 6) is 0.468. The largest absolute Gasteiger partial charge is 0.493 e. The molecule has 0 amide bonds. The zero-order chi connectivity index (χ0) is 16.9. The van der Waals surface area contributed by atoms with Gasteiger partial charge < -0.3 is 15.4 Å². The number of nitrogen functional groups attached to an aromatic ring is 1. The van der Waals surface area contributed by atoms with Gasteiger partial charge in [-0.25, -0.2) is 0 Å². The van der Waals surface area contributed by atoms with E-state index in [0.29, 0.717) is 12.4 Å². The minimum atomic E-state index is -0.502. The summed E-state index contributed by atoms with van der Waals surface area (Å²) in [5.41, 5.74) is 8.17. The summed E-state index contributed by atoms with van der Waals surface area (Å²) in [6.07, 6.45) is 5.03. The number of anilines is 1. The number of fused-ring (bicyclic) bond motifs is 1. The number of nitro groups is 1. The first-order valence-electron chi connectivity index (χ1n) is 7.80. The molecule has 0 aliphatic carbocycles. The van der Waals surface area contributed by atoms with Gasteiger partial charge in [0, 0.05) is 13.1 Å². The summed E-state index contributed by atoms with van der Waals surface area (Å²) >= 11 is 0. The van der Waals surface area contributed by atoms with Gasteiger partial charge in [0.15, 0.2) is 0 Å². The van der Waals surface area contributed by atoms with Gasteiger partial charge in [-0.05, 0) is 42.0 Å². The normalized spacial score (nSPS) is 12.8. The van der Waals surface area contributed by atoms with E-state index in [1.165, 1.54) is 23.3 Å². The standard InChI is InChI=1S/C18H19N3O3/c19-17-7-6-16(12-18(17)21(22)23)24-11-3-9-20-10-8-14-4-1-2-5-15(14)13-20/h1-2,4-8,10,12H,3,9,11,13,19H2. The van der Waals surface area contributed by atoms with E-state index in [-0.39, 0.29) is 11.4 Å². The van der Waals surface area contributed by atoms with Crippen LogP contribution >= 0.6 is 0 Å². The molecule has 2 aromatic carbocycles. The lowest BCUT2D eigenvalue weighted by molar-refractivity contribution is -0.384. The first-order valence-corrected chi connectivity index (χ1v) is 7.80. The summed E-state index contributed by atoms with van der Waals surface area (Å²) in [4.78, 5) is 12.6. The van der Waals surface area contributed by atoms with Crippen LogP contribution in [-0.2, 0) is 6.54 Å². The molecule has 0 spiro atoms. The molecule has 0 saturated carbocycles. The Kier molecular flexibility index (Phi) is 4.65. The Morgan fingerprint density at radius 3 is 2.92 bits per heavy atom. The van der Waals surface area contributed by atoms with Gasteiger partial charge in [-0.3, -0.25) is 10.1 Å². The smallest absolute Gasteiger partial charge is 0.295 e. The van der Waals surface area contributed by atoms with Gasteiger partial charge >= 0.3 is 0 Å². The summed E-state index contributed by atoms with van der Waals surface area (Å²) < 4.78 is 5.60. The van der Waals surface area contributed by atoms with Crippen LogP contribution < -0.4 is 10.5 Å². The molecule has 0 radical (unpaired) electrons. The summed E-state index contributed by atoms with van der Waals surface area (Å²) in [6.45, 7) is 2.25. The predicted octanol–water partition coefficient (Wildman–Crippen LogP) is 3.43. The second kappa shape index (κ2) is 7.04. The summed E-state index contributed by atoms with van der Waals surface area (Å²) in [5, 5.41) is 10.9. The van der Waals surface area contributed by atoms with Gasteiger partial charge in [-0.15, -0.1) is 0 Å². The van der Waals surface area contributed by atoms with Crippen molar-refractivity contribution in [1.29, 1.82) is 0 Å². The number of hydrogen-bond acceptors (Lipinski definition) is 5.